The molecule has 0 radical (unpaired) electrons. The van der Waals surface area contributed by atoms with E-state index in [2.05, 4.69) is 115 Å². The van der Waals surface area contributed by atoms with Crippen molar-refractivity contribution in [3.05, 3.63) is 0 Å². The summed E-state index contributed by atoms with van der Waals surface area (Å²) >= 11 is 0. The monoisotopic (exact) mass is 728 g/mol. The summed E-state index contributed by atoms with van der Waals surface area (Å²) in [5.74, 6) is 2.14. The lowest BCUT2D eigenvalue weighted by Gasteiger charge is -2.49. The third-order valence-electron chi connectivity index (χ3n) is 14.5. The van der Waals surface area contributed by atoms with E-state index >= 15 is 0 Å². The molecule has 302 valence electrons. The van der Waals surface area contributed by atoms with Crippen molar-refractivity contribution in [1.29, 1.82) is 0 Å². The van der Waals surface area contributed by atoms with E-state index in [0.717, 1.165) is 90.4 Å². The minimum Gasteiger partial charge on any atom is -0.314 e. The molecule has 12 fully saturated rings. The van der Waals surface area contributed by atoms with Crippen molar-refractivity contribution in [2.24, 2.45) is 11.8 Å². The van der Waals surface area contributed by atoms with Crippen LogP contribution in [0.2, 0.25) is 0 Å². The van der Waals surface area contributed by atoms with Crippen LogP contribution in [0, 0.1) is 11.8 Å². The summed E-state index contributed by atoms with van der Waals surface area (Å²) < 4.78 is 0. The highest BCUT2D eigenvalue weighted by Gasteiger charge is 2.40. The van der Waals surface area contributed by atoms with Crippen LogP contribution in [0.5, 0.6) is 0 Å². The Morgan fingerprint density at radius 1 is 0.404 bits per heavy atom. The van der Waals surface area contributed by atoms with Gasteiger partial charge in [-0.1, -0.05) is 0 Å². The smallest absolute Gasteiger partial charge is 0.0239 e. The largest absolute Gasteiger partial charge is 0.314 e. The summed E-state index contributed by atoms with van der Waals surface area (Å²) in [5.41, 5.74) is 0. The Morgan fingerprint density at radius 3 is 1.21 bits per heavy atom. The van der Waals surface area contributed by atoms with Crippen molar-refractivity contribution in [2.75, 3.05) is 65.4 Å². The van der Waals surface area contributed by atoms with Gasteiger partial charge < -0.3 is 26.2 Å². The number of rotatable bonds is 5. The highest BCUT2D eigenvalue weighted by Crippen LogP contribution is 2.40. The fourth-order valence-corrected chi connectivity index (χ4v) is 11.4. The van der Waals surface area contributed by atoms with Crippen LogP contribution < -0.4 is 21.3 Å². The first kappa shape index (κ1) is 41.3. The number of fused-ring (bicyclic) bond motifs is 10. The second-order valence-corrected chi connectivity index (χ2v) is 20.1. The van der Waals surface area contributed by atoms with Crippen LogP contribution in [0.4, 0.5) is 0 Å². The molecule has 8 unspecified atom stereocenters. The van der Waals surface area contributed by atoms with Crippen molar-refractivity contribution < 1.29 is 0 Å². The molecule has 52 heavy (non-hydrogen) atoms. The van der Waals surface area contributed by atoms with Crippen LogP contribution >= 0.6 is 0 Å². The zero-order valence-corrected chi connectivity index (χ0v) is 35.6. The Morgan fingerprint density at radius 2 is 0.865 bits per heavy atom. The molecule has 11 heterocycles. The van der Waals surface area contributed by atoms with E-state index in [9.17, 15) is 0 Å². The molecular formula is C43H85N9. The number of nitrogens with zero attached hydrogens (tertiary/aromatic N) is 5. The van der Waals surface area contributed by atoms with Gasteiger partial charge >= 0.3 is 0 Å². The third kappa shape index (κ3) is 10.7. The van der Waals surface area contributed by atoms with Crippen LogP contribution in [0.25, 0.3) is 0 Å². The molecule has 10 bridgehead atoms. The summed E-state index contributed by atoms with van der Waals surface area (Å²) in [4.78, 5) is 13.1. The molecule has 8 atom stereocenters. The SMILES string of the molecule is CC(C)N1C2CCC1CNC2.CC(C)N1CC2CC(C1)N2.CC(C)N1CC2CC(C2)C1.CC(C)N1CC2CC1CN2.CC(C)N1CC2CCC(C1)N2. The maximum Gasteiger partial charge on any atom is 0.0239 e. The number of nitrogens with one attached hydrogen (secondary N) is 4. The Bertz CT molecular complexity index is 975. The summed E-state index contributed by atoms with van der Waals surface area (Å²) in [6.45, 7) is 35.8. The van der Waals surface area contributed by atoms with Crippen molar-refractivity contribution in [1.82, 2.24) is 45.8 Å². The van der Waals surface area contributed by atoms with Gasteiger partial charge in [0.25, 0.3) is 0 Å². The normalized spacial score (nSPS) is 39.3. The Labute approximate surface area is 321 Å². The van der Waals surface area contributed by atoms with Gasteiger partial charge in [-0.05, 0) is 132 Å². The topological polar surface area (TPSA) is 64.3 Å². The van der Waals surface area contributed by atoms with Crippen LogP contribution in [0.15, 0.2) is 0 Å². The molecule has 0 amide bonds. The lowest BCUT2D eigenvalue weighted by Crippen LogP contribution is -2.67. The molecule has 4 N–H and O–H groups in total. The molecule has 0 aromatic carbocycles. The van der Waals surface area contributed by atoms with Gasteiger partial charge in [-0.3, -0.25) is 19.6 Å². The van der Waals surface area contributed by atoms with Crippen molar-refractivity contribution in [3.8, 4) is 0 Å². The fraction of sp³-hybridized carbons (Fsp3) is 1.00. The number of hydrogen-bond acceptors (Lipinski definition) is 9. The van der Waals surface area contributed by atoms with Crippen LogP contribution in [-0.2, 0) is 0 Å². The maximum atomic E-state index is 3.63. The summed E-state index contributed by atoms with van der Waals surface area (Å²) in [6, 6.07) is 10.3. The van der Waals surface area contributed by atoms with Crippen LogP contribution in [0.1, 0.15) is 121 Å². The van der Waals surface area contributed by atoms with E-state index in [1.807, 2.05) is 0 Å². The van der Waals surface area contributed by atoms with Crippen molar-refractivity contribution >= 4 is 0 Å². The lowest BCUT2D eigenvalue weighted by atomic mass is 9.71. The van der Waals surface area contributed by atoms with Gasteiger partial charge in [0.2, 0.25) is 0 Å². The number of piperazine rings is 4. The van der Waals surface area contributed by atoms with Crippen molar-refractivity contribution in [3.63, 3.8) is 0 Å². The average Bonchev–Trinajstić information content (AvgIpc) is 3.88. The van der Waals surface area contributed by atoms with Crippen LogP contribution in [0.3, 0.4) is 0 Å². The van der Waals surface area contributed by atoms with E-state index in [4.69, 9.17) is 0 Å². The second-order valence-electron chi connectivity index (χ2n) is 20.1. The fourth-order valence-electron chi connectivity index (χ4n) is 11.4. The summed E-state index contributed by atoms with van der Waals surface area (Å²) in [7, 11) is 0. The standard InChI is InChI=1S/2C9H18N2.C9H17N.2C8H16N2/c1-7(2)11-5-8-3-4-9(6-11)10-8;1-7(2)11-8-3-4-9(11)6-10-5-8;1-7(2)10-5-8-3-9(4-8)6-10;1-6(2)10-5-7-3-8(10)4-9-7;1-6(2)10-4-7-3-8(5-10)9-7/h2*7-10H,3-6H2,1-2H3;7-9H,3-6H2,1-2H3;2*6-9H,3-5H2,1-2H3. The van der Waals surface area contributed by atoms with Crippen LogP contribution in [-0.4, -0.2) is 168 Å². The second kappa shape index (κ2) is 18.7. The zero-order valence-electron chi connectivity index (χ0n) is 35.6. The Hall–Kier alpha value is -0.360. The molecule has 12 rings (SSSR count). The number of piperidine rings is 3. The first-order chi connectivity index (χ1) is 24.8. The molecule has 9 nitrogen and oxygen atoms in total. The third-order valence-corrected chi connectivity index (χ3v) is 14.5. The van der Waals surface area contributed by atoms with Gasteiger partial charge in [0.15, 0.2) is 0 Å². The Kier molecular flexibility index (Phi) is 14.9. The van der Waals surface area contributed by atoms with Gasteiger partial charge in [0, 0.05) is 144 Å². The van der Waals surface area contributed by atoms with E-state index < -0.39 is 0 Å². The van der Waals surface area contributed by atoms with Gasteiger partial charge in [-0.2, -0.15) is 0 Å². The molecule has 9 heteroatoms. The zero-order chi connectivity index (χ0) is 37.1. The minimum absolute atomic E-state index is 0.736. The molecule has 11 saturated heterocycles. The number of likely N-dealkylation sites (tertiary alicyclic amines) is 2. The average molecular weight is 728 g/mol. The molecule has 0 spiro atoms. The van der Waals surface area contributed by atoms with Gasteiger partial charge in [-0.15, -0.1) is 0 Å². The quantitative estimate of drug-likeness (QED) is 0.333. The predicted octanol–water partition coefficient (Wildman–Crippen LogP) is 4.28. The van der Waals surface area contributed by atoms with E-state index in [1.54, 1.807) is 0 Å². The first-order valence-electron chi connectivity index (χ1n) is 22.5. The molecule has 0 aromatic heterocycles. The predicted molar refractivity (Wildman–Crippen MR) is 220 cm³/mol. The summed E-state index contributed by atoms with van der Waals surface area (Å²) in [6.07, 6.45) is 11.5. The molecule has 11 aliphatic heterocycles. The van der Waals surface area contributed by atoms with E-state index in [-0.39, 0.29) is 0 Å². The van der Waals surface area contributed by atoms with Gasteiger partial charge in [0.1, 0.15) is 0 Å². The van der Waals surface area contributed by atoms with Gasteiger partial charge in [-0.25, -0.2) is 0 Å². The lowest BCUT2D eigenvalue weighted by molar-refractivity contribution is 0.00980. The molecule has 12 aliphatic rings. The maximum absolute atomic E-state index is 3.63. The first-order valence-corrected chi connectivity index (χ1v) is 22.5. The molecule has 0 aromatic rings. The van der Waals surface area contributed by atoms with E-state index in [0.29, 0.717) is 0 Å². The molecular weight excluding hydrogens is 643 g/mol. The van der Waals surface area contributed by atoms with Gasteiger partial charge in [0.05, 0.1) is 0 Å². The highest BCUT2D eigenvalue weighted by molar-refractivity contribution is 5.00. The minimum atomic E-state index is 0.736. The Balaban J connectivity index is 0.000000112. The number of hydrogen-bond donors (Lipinski definition) is 4. The summed E-state index contributed by atoms with van der Waals surface area (Å²) in [5, 5.41) is 14.1. The highest BCUT2D eigenvalue weighted by atomic mass is 15.3. The molecule has 1 saturated carbocycles. The van der Waals surface area contributed by atoms with Crippen molar-refractivity contribution in [2.45, 2.75) is 199 Å². The van der Waals surface area contributed by atoms with E-state index in [1.165, 1.54) is 117 Å². The molecule has 1 aliphatic carbocycles.